The molecule has 0 spiro atoms. The Morgan fingerprint density at radius 1 is 1.29 bits per heavy atom. The number of carbonyl (C=O) groups excluding carboxylic acids is 2. The molecule has 0 aliphatic heterocycles. The minimum absolute atomic E-state index is 0.307. The molecule has 0 aromatic rings. The van der Waals surface area contributed by atoms with Gasteiger partial charge in [-0.2, -0.15) is 0 Å². The number of hydrogen-bond acceptors (Lipinski definition) is 3. The van der Waals surface area contributed by atoms with Crippen LogP contribution in [0, 0.1) is 0 Å². The number of carbonyl (C=O) groups is 2. The molecule has 0 heterocycles. The number of nitrogens with one attached hydrogen (secondary N) is 1. The highest BCUT2D eigenvalue weighted by atomic mass is 16.5. The van der Waals surface area contributed by atoms with Gasteiger partial charge < -0.3 is 9.64 Å². The molecule has 0 aromatic heterocycles. The van der Waals surface area contributed by atoms with Gasteiger partial charge in [0.1, 0.15) is 0 Å². The molecule has 0 saturated heterocycles. The number of ether oxygens (including phenoxy) is 1. The van der Waals surface area contributed by atoms with E-state index in [0.717, 1.165) is 19.3 Å². The molecule has 0 aliphatic rings. The third-order valence-electron chi connectivity index (χ3n) is 1.88. The second kappa shape index (κ2) is 7.17. The molecule has 81 valence electrons. The van der Waals surface area contributed by atoms with Crippen molar-refractivity contribution in [3.8, 4) is 0 Å². The van der Waals surface area contributed by atoms with E-state index in [-0.39, 0.29) is 6.09 Å². The Labute approximate surface area is 84.2 Å². The van der Waals surface area contributed by atoms with Crippen LogP contribution in [0.2, 0.25) is 0 Å². The molecule has 1 radical (unpaired) electrons. The second-order valence-electron chi connectivity index (χ2n) is 3.13. The number of amides is 2. The summed E-state index contributed by atoms with van der Waals surface area (Å²) in [6.45, 7) is 0.624. The second-order valence-corrected chi connectivity index (χ2v) is 3.13. The summed E-state index contributed by atoms with van der Waals surface area (Å²) in [7, 11) is 3.01. The molecule has 0 atom stereocenters. The van der Waals surface area contributed by atoms with Crippen molar-refractivity contribution in [2.24, 2.45) is 0 Å². The molecule has 1 N–H and O–H groups in total. The summed E-state index contributed by atoms with van der Waals surface area (Å²) in [5.41, 5.74) is 6.67. The summed E-state index contributed by atoms with van der Waals surface area (Å²) in [5.74, 6) is -0.522. The first-order chi connectivity index (χ1) is 6.57. The van der Waals surface area contributed by atoms with Crippen molar-refractivity contribution in [2.45, 2.75) is 25.7 Å². The van der Waals surface area contributed by atoms with Crippen LogP contribution in [0.25, 0.3) is 0 Å². The number of rotatable bonds is 6. The molecule has 0 saturated carbocycles. The zero-order chi connectivity index (χ0) is 11.0. The van der Waals surface area contributed by atoms with Gasteiger partial charge in [0, 0.05) is 20.0 Å². The largest absolute Gasteiger partial charge is 0.453 e. The van der Waals surface area contributed by atoms with E-state index in [1.54, 1.807) is 7.05 Å². The van der Waals surface area contributed by atoms with Crippen LogP contribution in [-0.2, 0) is 9.53 Å². The van der Waals surface area contributed by atoms with Crippen molar-refractivity contribution in [1.29, 1.82) is 0 Å². The Bertz CT molecular complexity index is 194. The van der Waals surface area contributed by atoms with Crippen LogP contribution in [-0.4, -0.2) is 37.6 Å². The predicted octanol–water partition coefficient (Wildman–Crippen LogP) is 1.05. The maximum Gasteiger partial charge on any atom is 0.409 e. The Morgan fingerprint density at radius 2 is 1.93 bits per heavy atom. The minimum Gasteiger partial charge on any atom is -0.453 e. The number of unbranched alkanes of at least 4 members (excludes halogenated alkanes) is 2. The van der Waals surface area contributed by atoms with Crippen LogP contribution < -0.4 is 5.73 Å². The third kappa shape index (κ3) is 6.28. The predicted molar refractivity (Wildman–Crippen MR) is 51.6 cm³/mol. The lowest BCUT2D eigenvalue weighted by Crippen LogP contribution is -2.27. The van der Waals surface area contributed by atoms with E-state index in [2.05, 4.69) is 4.74 Å². The molecule has 2 amide bonds. The SMILES string of the molecule is COC(=O)N(C)CCCCCC([NH])=O. The smallest absolute Gasteiger partial charge is 0.409 e. The normalized spacial score (nSPS) is 9.57. The van der Waals surface area contributed by atoms with Gasteiger partial charge in [0.15, 0.2) is 0 Å². The van der Waals surface area contributed by atoms with E-state index in [1.165, 1.54) is 12.0 Å². The van der Waals surface area contributed by atoms with Crippen molar-refractivity contribution in [2.75, 3.05) is 20.7 Å². The Hall–Kier alpha value is -1.26. The highest BCUT2D eigenvalue weighted by Gasteiger charge is 2.06. The lowest BCUT2D eigenvalue weighted by Gasteiger charge is -2.14. The van der Waals surface area contributed by atoms with Crippen molar-refractivity contribution in [1.82, 2.24) is 10.6 Å². The molecule has 0 aromatic carbocycles. The first-order valence-electron chi connectivity index (χ1n) is 4.61. The first-order valence-corrected chi connectivity index (χ1v) is 4.61. The van der Waals surface area contributed by atoms with Gasteiger partial charge in [-0.1, -0.05) is 6.42 Å². The monoisotopic (exact) mass is 201 g/mol. The van der Waals surface area contributed by atoms with Gasteiger partial charge in [0.05, 0.1) is 7.11 Å². The topological polar surface area (TPSA) is 70.4 Å². The summed E-state index contributed by atoms with van der Waals surface area (Å²) < 4.78 is 4.51. The minimum atomic E-state index is -0.522. The highest BCUT2D eigenvalue weighted by molar-refractivity contribution is 5.72. The van der Waals surface area contributed by atoms with E-state index >= 15 is 0 Å². The van der Waals surface area contributed by atoms with Crippen LogP contribution in [0.15, 0.2) is 0 Å². The van der Waals surface area contributed by atoms with Crippen molar-refractivity contribution in [3.05, 3.63) is 0 Å². The summed E-state index contributed by atoms with van der Waals surface area (Å²) in [6, 6.07) is 0. The van der Waals surface area contributed by atoms with Gasteiger partial charge in [0.25, 0.3) is 0 Å². The molecule has 0 unspecified atom stereocenters. The van der Waals surface area contributed by atoms with E-state index in [0.29, 0.717) is 13.0 Å². The van der Waals surface area contributed by atoms with Crippen LogP contribution in [0.1, 0.15) is 25.7 Å². The van der Waals surface area contributed by atoms with Gasteiger partial charge in [-0.3, -0.25) is 10.5 Å². The molecular formula is C9H17N2O3. The fourth-order valence-corrected chi connectivity index (χ4v) is 1.06. The quantitative estimate of drug-likeness (QED) is 0.603. The molecule has 0 rings (SSSR count). The molecule has 14 heavy (non-hydrogen) atoms. The Balaban J connectivity index is 3.36. The fraction of sp³-hybridized carbons (Fsp3) is 0.778. The van der Waals surface area contributed by atoms with E-state index < -0.39 is 5.91 Å². The summed E-state index contributed by atoms with van der Waals surface area (Å²) >= 11 is 0. The number of hydrogen-bond donors (Lipinski definition) is 0. The van der Waals surface area contributed by atoms with Gasteiger partial charge in [0.2, 0.25) is 5.91 Å². The first kappa shape index (κ1) is 12.7. The van der Waals surface area contributed by atoms with Gasteiger partial charge >= 0.3 is 6.09 Å². The maximum absolute atomic E-state index is 10.9. The van der Waals surface area contributed by atoms with Crippen molar-refractivity contribution < 1.29 is 14.3 Å². The van der Waals surface area contributed by atoms with Gasteiger partial charge in [-0.25, -0.2) is 4.79 Å². The van der Waals surface area contributed by atoms with E-state index in [1.807, 2.05) is 0 Å². The third-order valence-corrected chi connectivity index (χ3v) is 1.88. The maximum atomic E-state index is 10.9. The van der Waals surface area contributed by atoms with E-state index in [9.17, 15) is 9.59 Å². The van der Waals surface area contributed by atoms with Crippen molar-refractivity contribution in [3.63, 3.8) is 0 Å². The molecule has 0 fully saturated rings. The average Bonchev–Trinajstić information content (AvgIpc) is 2.15. The molecule has 5 heteroatoms. The standard InChI is InChI=1S/C9H17N2O3/c1-11(9(13)14-2)7-5-3-4-6-8(10)12/h10H,3-7H2,1-2H3. The van der Waals surface area contributed by atoms with Crippen LogP contribution >= 0.6 is 0 Å². The lowest BCUT2D eigenvalue weighted by molar-refractivity contribution is -0.118. The summed E-state index contributed by atoms with van der Waals surface area (Å²) in [4.78, 5) is 22.7. The zero-order valence-corrected chi connectivity index (χ0v) is 8.71. The zero-order valence-electron chi connectivity index (χ0n) is 8.71. The van der Waals surface area contributed by atoms with Crippen molar-refractivity contribution >= 4 is 12.0 Å². The molecule has 5 nitrogen and oxygen atoms in total. The molecule has 0 aliphatic carbocycles. The highest BCUT2D eigenvalue weighted by Crippen LogP contribution is 2.01. The summed E-state index contributed by atoms with van der Waals surface area (Å²) in [5, 5.41) is 0. The van der Waals surface area contributed by atoms with Crippen LogP contribution in [0.3, 0.4) is 0 Å². The fourth-order valence-electron chi connectivity index (χ4n) is 1.06. The van der Waals surface area contributed by atoms with Gasteiger partial charge in [-0.15, -0.1) is 0 Å². The van der Waals surface area contributed by atoms with Gasteiger partial charge in [-0.05, 0) is 12.8 Å². The molecular weight excluding hydrogens is 184 g/mol. The number of nitrogens with zero attached hydrogens (tertiary/aromatic N) is 1. The average molecular weight is 201 g/mol. The summed E-state index contributed by atoms with van der Waals surface area (Å²) in [6.07, 6.45) is 2.37. The van der Waals surface area contributed by atoms with E-state index in [4.69, 9.17) is 5.73 Å². The van der Waals surface area contributed by atoms with Crippen LogP contribution in [0.5, 0.6) is 0 Å². The molecule has 0 bridgehead atoms. The van der Waals surface area contributed by atoms with Crippen LogP contribution in [0.4, 0.5) is 4.79 Å². The lowest BCUT2D eigenvalue weighted by atomic mass is 10.2. The Kier molecular flexibility index (Phi) is 6.53. The Morgan fingerprint density at radius 3 is 2.43 bits per heavy atom. The number of methoxy groups -OCH3 is 1.